The van der Waals surface area contributed by atoms with Crippen molar-refractivity contribution >= 4 is 5.97 Å². The number of hydrogen-bond donors (Lipinski definition) is 1. The second-order valence-corrected chi connectivity index (χ2v) is 3.39. The lowest BCUT2D eigenvalue weighted by atomic mass is 10.1. The molecule has 1 unspecified atom stereocenters. The molecule has 3 nitrogen and oxygen atoms in total. The van der Waals surface area contributed by atoms with Gasteiger partial charge in [-0.25, -0.2) is 4.79 Å². The van der Waals surface area contributed by atoms with Gasteiger partial charge < -0.3 is 9.84 Å². The Bertz CT molecular complexity index is 295. The van der Waals surface area contributed by atoms with Crippen LogP contribution in [0, 0.1) is 0 Å². The van der Waals surface area contributed by atoms with Crippen molar-refractivity contribution in [2.24, 2.45) is 0 Å². The first-order chi connectivity index (χ1) is 7.24. The van der Waals surface area contributed by atoms with E-state index in [1.165, 1.54) is 0 Å². The monoisotopic (exact) mass is 208 g/mol. The van der Waals surface area contributed by atoms with E-state index in [-0.39, 0.29) is 0 Å². The second kappa shape index (κ2) is 6.19. The Hall–Kier alpha value is -1.35. The maximum Gasteiger partial charge on any atom is 0.333 e. The van der Waals surface area contributed by atoms with Crippen molar-refractivity contribution in [1.29, 1.82) is 0 Å². The van der Waals surface area contributed by atoms with Gasteiger partial charge in [-0.15, -0.1) is 0 Å². The molecule has 0 aliphatic carbocycles. The Morgan fingerprint density at radius 1 is 1.40 bits per heavy atom. The molecule has 0 aromatic heterocycles. The summed E-state index contributed by atoms with van der Waals surface area (Å²) in [7, 11) is 0. The number of carbonyl (C=O) groups is 1. The van der Waals surface area contributed by atoms with E-state index < -0.39 is 12.1 Å². The van der Waals surface area contributed by atoms with E-state index in [0.29, 0.717) is 13.0 Å². The molecular formula is C12H16O3. The molecule has 1 N–H and O–H groups in total. The zero-order valence-corrected chi connectivity index (χ0v) is 8.85. The van der Waals surface area contributed by atoms with E-state index in [4.69, 9.17) is 9.84 Å². The predicted octanol–water partition coefficient (Wildman–Crippen LogP) is 2.11. The summed E-state index contributed by atoms with van der Waals surface area (Å²) in [6, 6.07) is 9.52. The molecule has 1 aromatic rings. The number of hydrogen-bond acceptors (Lipinski definition) is 2. The number of aliphatic carboxylic acids is 1. The molecule has 0 amide bonds. The summed E-state index contributed by atoms with van der Waals surface area (Å²) < 4.78 is 5.26. The van der Waals surface area contributed by atoms with Crippen LogP contribution in [-0.4, -0.2) is 23.8 Å². The van der Waals surface area contributed by atoms with Crippen molar-refractivity contribution in [3.8, 4) is 0 Å². The molecular weight excluding hydrogens is 192 g/mol. The van der Waals surface area contributed by atoms with Crippen molar-refractivity contribution < 1.29 is 14.6 Å². The molecule has 82 valence electrons. The number of carboxylic acids is 1. The normalized spacial score (nSPS) is 12.3. The summed E-state index contributed by atoms with van der Waals surface area (Å²) in [5, 5.41) is 8.94. The topological polar surface area (TPSA) is 46.5 Å². The summed E-state index contributed by atoms with van der Waals surface area (Å²) in [5.41, 5.74) is 0.987. The van der Waals surface area contributed by atoms with Gasteiger partial charge in [-0.3, -0.25) is 0 Å². The zero-order chi connectivity index (χ0) is 11.1. The van der Waals surface area contributed by atoms with Gasteiger partial charge in [0.25, 0.3) is 0 Å². The highest BCUT2D eigenvalue weighted by molar-refractivity contribution is 5.72. The Morgan fingerprint density at radius 3 is 2.60 bits per heavy atom. The van der Waals surface area contributed by atoms with Crippen LogP contribution in [0.25, 0.3) is 0 Å². The highest BCUT2D eigenvalue weighted by Crippen LogP contribution is 2.06. The van der Waals surface area contributed by atoms with Crippen LogP contribution in [0.4, 0.5) is 0 Å². The third kappa shape index (κ3) is 4.13. The van der Waals surface area contributed by atoms with Crippen LogP contribution in [0.1, 0.15) is 18.9 Å². The van der Waals surface area contributed by atoms with Crippen LogP contribution in [-0.2, 0) is 16.0 Å². The summed E-state index contributed by atoms with van der Waals surface area (Å²) in [6.07, 6.45) is 0.529. The van der Waals surface area contributed by atoms with Crippen LogP contribution in [0.3, 0.4) is 0 Å². The Labute approximate surface area is 89.7 Å². The molecule has 0 saturated carbocycles. The minimum absolute atomic E-state index is 0.427. The standard InChI is InChI=1S/C12H16O3/c1-2-8-15-11(12(13)14)9-10-6-4-3-5-7-10/h3-7,11H,2,8-9H2,1H3,(H,13,14). The van der Waals surface area contributed by atoms with Gasteiger partial charge in [0.1, 0.15) is 0 Å². The van der Waals surface area contributed by atoms with Crippen LogP contribution < -0.4 is 0 Å². The molecule has 0 aliphatic rings. The quantitative estimate of drug-likeness (QED) is 0.778. The fraction of sp³-hybridized carbons (Fsp3) is 0.417. The SMILES string of the molecule is CCCOC(Cc1ccccc1)C(=O)O. The average molecular weight is 208 g/mol. The molecule has 3 heteroatoms. The van der Waals surface area contributed by atoms with E-state index in [1.54, 1.807) is 0 Å². The molecule has 0 bridgehead atoms. The predicted molar refractivity (Wildman–Crippen MR) is 57.8 cm³/mol. The molecule has 0 radical (unpaired) electrons. The lowest BCUT2D eigenvalue weighted by Gasteiger charge is -2.12. The molecule has 0 spiro atoms. The van der Waals surface area contributed by atoms with Gasteiger partial charge in [0, 0.05) is 13.0 Å². The smallest absolute Gasteiger partial charge is 0.333 e. The Kier molecular flexibility index (Phi) is 4.84. The third-order valence-electron chi connectivity index (χ3n) is 2.06. The molecule has 0 saturated heterocycles. The summed E-state index contributed by atoms with van der Waals surface area (Å²) >= 11 is 0. The van der Waals surface area contributed by atoms with Crippen molar-refractivity contribution in [2.75, 3.05) is 6.61 Å². The number of ether oxygens (including phenoxy) is 1. The van der Waals surface area contributed by atoms with E-state index in [1.807, 2.05) is 37.3 Å². The van der Waals surface area contributed by atoms with Gasteiger partial charge in [0.2, 0.25) is 0 Å². The highest BCUT2D eigenvalue weighted by atomic mass is 16.5. The fourth-order valence-electron chi connectivity index (χ4n) is 1.31. The van der Waals surface area contributed by atoms with Crippen LogP contribution in [0.15, 0.2) is 30.3 Å². The van der Waals surface area contributed by atoms with E-state index in [9.17, 15) is 4.79 Å². The van der Waals surface area contributed by atoms with Crippen LogP contribution in [0.2, 0.25) is 0 Å². The van der Waals surface area contributed by atoms with Gasteiger partial charge in [-0.05, 0) is 12.0 Å². The first kappa shape index (κ1) is 11.7. The first-order valence-corrected chi connectivity index (χ1v) is 5.12. The Balaban J connectivity index is 2.55. The van der Waals surface area contributed by atoms with Crippen LogP contribution >= 0.6 is 0 Å². The maximum atomic E-state index is 10.9. The fourth-order valence-corrected chi connectivity index (χ4v) is 1.31. The van der Waals surface area contributed by atoms with E-state index in [2.05, 4.69) is 0 Å². The minimum Gasteiger partial charge on any atom is -0.479 e. The lowest BCUT2D eigenvalue weighted by molar-refractivity contribution is -0.150. The molecule has 15 heavy (non-hydrogen) atoms. The molecule has 0 aliphatic heterocycles. The molecule has 1 aromatic carbocycles. The molecule has 1 rings (SSSR count). The zero-order valence-electron chi connectivity index (χ0n) is 8.85. The van der Waals surface area contributed by atoms with E-state index in [0.717, 1.165) is 12.0 Å². The summed E-state index contributed by atoms with van der Waals surface area (Å²) in [4.78, 5) is 10.9. The summed E-state index contributed by atoms with van der Waals surface area (Å²) in [5.74, 6) is -0.896. The molecule has 0 heterocycles. The minimum atomic E-state index is -0.896. The van der Waals surface area contributed by atoms with E-state index >= 15 is 0 Å². The lowest BCUT2D eigenvalue weighted by Crippen LogP contribution is -2.26. The van der Waals surface area contributed by atoms with Gasteiger partial charge in [0.05, 0.1) is 0 Å². The van der Waals surface area contributed by atoms with Gasteiger partial charge in [-0.1, -0.05) is 37.3 Å². The number of rotatable bonds is 6. The highest BCUT2D eigenvalue weighted by Gasteiger charge is 2.17. The van der Waals surface area contributed by atoms with Crippen molar-refractivity contribution in [2.45, 2.75) is 25.9 Å². The third-order valence-corrected chi connectivity index (χ3v) is 2.06. The van der Waals surface area contributed by atoms with Gasteiger partial charge >= 0.3 is 5.97 Å². The number of carboxylic acid groups (broad SMARTS) is 1. The number of benzene rings is 1. The second-order valence-electron chi connectivity index (χ2n) is 3.39. The van der Waals surface area contributed by atoms with Crippen molar-refractivity contribution in [3.63, 3.8) is 0 Å². The first-order valence-electron chi connectivity index (χ1n) is 5.12. The maximum absolute atomic E-state index is 10.9. The largest absolute Gasteiger partial charge is 0.479 e. The van der Waals surface area contributed by atoms with Crippen LogP contribution in [0.5, 0.6) is 0 Å². The van der Waals surface area contributed by atoms with Gasteiger partial charge in [-0.2, -0.15) is 0 Å². The molecule has 0 fully saturated rings. The summed E-state index contributed by atoms with van der Waals surface area (Å²) in [6.45, 7) is 2.45. The van der Waals surface area contributed by atoms with Crippen molar-refractivity contribution in [1.82, 2.24) is 0 Å². The van der Waals surface area contributed by atoms with Crippen molar-refractivity contribution in [3.05, 3.63) is 35.9 Å². The Morgan fingerprint density at radius 2 is 2.07 bits per heavy atom. The van der Waals surface area contributed by atoms with Gasteiger partial charge in [0.15, 0.2) is 6.10 Å². The average Bonchev–Trinajstić information content (AvgIpc) is 2.25. The molecule has 1 atom stereocenters.